The molecule has 1 aromatic heterocycles. The first-order chi connectivity index (χ1) is 9.13. The average molecular weight is 261 g/mol. The van der Waals surface area contributed by atoms with Crippen LogP contribution in [0.1, 0.15) is 45.2 Å². The van der Waals surface area contributed by atoms with Crippen LogP contribution in [0, 0.1) is 11.8 Å². The van der Waals surface area contributed by atoms with Crippen molar-refractivity contribution < 1.29 is 0 Å². The van der Waals surface area contributed by atoms with Gasteiger partial charge in [-0.3, -0.25) is 0 Å². The van der Waals surface area contributed by atoms with E-state index in [0.717, 1.165) is 24.9 Å². The second kappa shape index (κ2) is 6.38. The Morgan fingerprint density at radius 3 is 2.53 bits per heavy atom. The van der Waals surface area contributed by atoms with Crippen LogP contribution in [-0.2, 0) is 0 Å². The number of hydrogen-bond donors (Lipinski definition) is 1. The average Bonchev–Trinajstić information content (AvgIpc) is 2.46. The number of aromatic nitrogens is 1. The van der Waals surface area contributed by atoms with Crippen LogP contribution in [0.3, 0.4) is 0 Å². The lowest BCUT2D eigenvalue weighted by Gasteiger charge is -2.36. The molecule has 0 saturated carbocycles. The highest BCUT2D eigenvalue weighted by Gasteiger charge is 2.24. The summed E-state index contributed by atoms with van der Waals surface area (Å²) in [5.41, 5.74) is 1.31. The lowest BCUT2D eigenvalue weighted by atomic mass is 9.86. The number of hydrogen-bond acceptors (Lipinski definition) is 3. The van der Waals surface area contributed by atoms with Crippen molar-refractivity contribution in [2.75, 3.05) is 25.0 Å². The minimum atomic E-state index is 0.353. The zero-order valence-electron chi connectivity index (χ0n) is 12.7. The van der Waals surface area contributed by atoms with Gasteiger partial charge in [-0.2, -0.15) is 0 Å². The molecule has 1 atom stereocenters. The van der Waals surface area contributed by atoms with Crippen LogP contribution in [0.5, 0.6) is 0 Å². The third kappa shape index (κ3) is 3.27. The van der Waals surface area contributed by atoms with Gasteiger partial charge in [-0.15, -0.1) is 0 Å². The second-order valence-corrected chi connectivity index (χ2v) is 6.00. The highest BCUT2D eigenvalue weighted by atomic mass is 15.2. The molecule has 2 heterocycles. The Kier molecular flexibility index (Phi) is 4.81. The second-order valence-electron chi connectivity index (χ2n) is 6.00. The molecule has 1 unspecified atom stereocenters. The van der Waals surface area contributed by atoms with Crippen LogP contribution >= 0.6 is 0 Å². The van der Waals surface area contributed by atoms with Crippen LogP contribution in [0.25, 0.3) is 0 Å². The first-order valence-electron chi connectivity index (χ1n) is 7.50. The highest BCUT2D eigenvalue weighted by molar-refractivity contribution is 5.48. The van der Waals surface area contributed by atoms with Gasteiger partial charge < -0.3 is 10.2 Å². The van der Waals surface area contributed by atoms with Crippen LogP contribution < -0.4 is 10.2 Å². The fourth-order valence-electron chi connectivity index (χ4n) is 2.95. The van der Waals surface area contributed by atoms with E-state index in [4.69, 9.17) is 0 Å². The van der Waals surface area contributed by atoms with E-state index in [1.165, 1.54) is 24.2 Å². The van der Waals surface area contributed by atoms with E-state index in [-0.39, 0.29) is 0 Å². The van der Waals surface area contributed by atoms with Gasteiger partial charge in [0.1, 0.15) is 5.82 Å². The van der Waals surface area contributed by atoms with Gasteiger partial charge in [0, 0.05) is 30.9 Å². The molecule has 1 aliphatic heterocycles. The molecule has 3 nitrogen and oxygen atoms in total. The molecular weight excluding hydrogens is 234 g/mol. The zero-order valence-corrected chi connectivity index (χ0v) is 12.7. The van der Waals surface area contributed by atoms with E-state index in [0.29, 0.717) is 6.04 Å². The van der Waals surface area contributed by atoms with Crippen LogP contribution in [-0.4, -0.2) is 25.1 Å². The van der Waals surface area contributed by atoms with Gasteiger partial charge in [0.2, 0.25) is 0 Å². The quantitative estimate of drug-likeness (QED) is 0.902. The Balaban J connectivity index is 2.11. The normalized spacial score (nSPS) is 18.9. The number of nitrogens with zero attached hydrogens (tertiary/aromatic N) is 2. The SMILES string of the molecule is CNC(C)c1cccnc1N1CCC(C(C)C)CC1. The van der Waals surface area contributed by atoms with Gasteiger partial charge in [-0.1, -0.05) is 19.9 Å². The summed E-state index contributed by atoms with van der Waals surface area (Å²) in [5.74, 6) is 2.86. The molecule has 106 valence electrons. The van der Waals surface area contributed by atoms with Crippen molar-refractivity contribution in [2.24, 2.45) is 11.8 Å². The Morgan fingerprint density at radius 2 is 1.95 bits per heavy atom. The molecule has 3 heteroatoms. The molecule has 0 amide bonds. The molecular formula is C16H27N3. The maximum absolute atomic E-state index is 4.63. The van der Waals surface area contributed by atoms with Gasteiger partial charge in [0.15, 0.2) is 0 Å². The molecule has 0 radical (unpaired) electrons. The summed E-state index contributed by atoms with van der Waals surface area (Å²) in [7, 11) is 2.01. The maximum Gasteiger partial charge on any atom is 0.133 e. The summed E-state index contributed by atoms with van der Waals surface area (Å²) in [6.45, 7) is 9.17. The van der Waals surface area contributed by atoms with Crippen molar-refractivity contribution in [3.8, 4) is 0 Å². The molecule has 1 saturated heterocycles. The summed E-state index contributed by atoms with van der Waals surface area (Å²) in [6.07, 6.45) is 4.50. The summed E-state index contributed by atoms with van der Waals surface area (Å²) in [5, 5.41) is 3.32. The number of rotatable bonds is 4. The van der Waals surface area contributed by atoms with E-state index in [2.05, 4.69) is 42.0 Å². The lowest BCUT2D eigenvalue weighted by molar-refractivity contribution is 0.310. The number of piperidine rings is 1. The third-order valence-corrected chi connectivity index (χ3v) is 4.50. The van der Waals surface area contributed by atoms with Gasteiger partial charge in [-0.25, -0.2) is 4.98 Å². The first kappa shape index (κ1) is 14.3. The van der Waals surface area contributed by atoms with Gasteiger partial charge in [0.05, 0.1) is 0 Å². The van der Waals surface area contributed by atoms with Crippen molar-refractivity contribution in [1.82, 2.24) is 10.3 Å². The van der Waals surface area contributed by atoms with Crippen LogP contribution in [0.15, 0.2) is 18.3 Å². The summed E-state index contributed by atoms with van der Waals surface area (Å²) >= 11 is 0. The van der Waals surface area contributed by atoms with Crippen molar-refractivity contribution >= 4 is 5.82 Å². The fourth-order valence-corrected chi connectivity index (χ4v) is 2.95. The first-order valence-corrected chi connectivity index (χ1v) is 7.50. The van der Waals surface area contributed by atoms with E-state index in [9.17, 15) is 0 Å². The lowest BCUT2D eigenvalue weighted by Crippen LogP contribution is -2.36. The molecule has 1 aliphatic rings. The maximum atomic E-state index is 4.63. The van der Waals surface area contributed by atoms with E-state index in [1.807, 2.05) is 19.3 Å². The fraction of sp³-hybridized carbons (Fsp3) is 0.688. The minimum Gasteiger partial charge on any atom is -0.356 e. The standard InChI is InChI=1S/C16H27N3/c1-12(2)14-7-10-19(11-8-14)16-15(13(3)17-4)6-5-9-18-16/h5-6,9,12-14,17H,7-8,10-11H2,1-4H3. The largest absolute Gasteiger partial charge is 0.356 e. The predicted molar refractivity (Wildman–Crippen MR) is 81.5 cm³/mol. The van der Waals surface area contributed by atoms with E-state index < -0.39 is 0 Å². The number of nitrogens with one attached hydrogen (secondary N) is 1. The molecule has 0 spiro atoms. The molecule has 0 aliphatic carbocycles. The minimum absolute atomic E-state index is 0.353. The zero-order chi connectivity index (χ0) is 13.8. The molecule has 0 bridgehead atoms. The molecule has 1 fully saturated rings. The molecule has 2 rings (SSSR count). The van der Waals surface area contributed by atoms with Gasteiger partial charge in [0.25, 0.3) is 0 Å². The summed E-state index contributed by atoms with van der Waals surface area (Å²) < 4.78 is 0. The van der Waals surface area contributed by atoms with Crippen molar-refractivity contribution in [1.29, 1.82) is 0 Å². The Labute approximate surface area is 117 Å². The Bertz CT molecular complexity index is 395. The number of pyridine rings is 1. The van der Waals surface area contributed by atoms with Crippen molar-refractivity contribution in [3.63, 3.8) is 0 Å². The van der Waals surface area contributed by atoms with Crippen LogP contribution in [0.4, 0.5) is 5.82 Å². The highest BCUT2D eigenvalue weighted by Crippen LogP contribution is 2.30. The summed E-state index contributed by atoms with van der Waals surface area (Å²) in [6, 6.07) is 4.58. The molecule has 19 heavy (non-hydrogen) atoms. The van der Waals surface area contributed by atoms with E-state index >= 15 is 0 Å². The van der Waals surface area contributed by atoms with Gasteiger partial charge >= 0.3 is 0 Å². The Hall–Kier alpha value is -1.09. The summed E-state index contributed by atoms with van der Waals surface area (Å²) in [4.78, 5) is 7.09. The third-order valence-electron chi connectivity index (χ3n) is 4.50. The molecule has 1 N–H and O–H groups in total. The van der Waals surface area contributed by atoms with E-state index in [1.54, 1.807) is 0 Å². The predicted octanol–water partition coefficient (Wildman–Crippen LogP) is 3.23. The van der Waals surface area contributed by atoms with Gasteiger partial charge in [-0.05, 0) is 44.7 Å². The molecule has 0 aromatic carbocycles. The van der Waals surface area contributed by atoms with Crippen molar-refractivity contribution in [2.45, 2.75) is 39.7 Å². The van der Waals surface area contributed by atoms with Crippen LogP contribution in [0.2, 0.25) is 0 Å². The Morgan fingerprint density at radius 1 is 1.26 bits per heavy atom. The molecule has 1 aromatic rings. The topological polar surface area (TPSA) is 28.2 Å². The number of anilines is 1. The smallest absolute Gasteiger partial charge is 0.133 e. The van der Waals surface area contributed by atoms with Crippen molar-refractivity contribution in [3.05, 3.63) is 23.9 Å². The monoisotopic (exact) mass is 261 g/mol.